The molecule has 1 aliphatic heterocycles. The van der Waals surface area contributed by atoms with Crippen LogP contribution in [-0.2, 0) is 4.74 Å². The summed E-state index contributed by atoms with van der Waals surface area (Å²) >= 11 is 0. The quantitative estimate of drug-likeness (QED) is 0.473. The van der Waals surface area contributed by atoms with Gasteiger partial charge < -0.3 is 43.8 Å². The predicted molar refractivity (Wildman–Crippen MR) is 90.0 cm³/mol. The highest BCUT2D eigenvalue weighted by Gasteiger charge is 2.45. The first-order valence-electron chi connectivity index (χ1n) is 8.07. The standard InChI is InChI=1S/C17H20O10/c1-23-8-5-7-3-4-10(19)26-14(7)16(24-2)15(8)27-17-13(22)12(21)11(20)9(6-18)25-17/h3-5,9,11-13,17-18,20-22H,6H2,1-2H3/t9-,11-,12+,13-,17+/m0/s1. The Bertz CT molecular complexity index is 861. The topological polar surface area (TPSA) is 148 Å². The maximum absolute atomic E-state index is 11.6. The van der Waals surface area contributed by atoms with Gasteiger partial charge in [0.1, 0.15) is 24.4 Å². The molecule has 10 nitrogen and oxygen atoms in total. The molecule has 4 N–H and O–H groups in total. The number of hydrogen-bond donors (Lipinski definition) is 4. The van der Waals surface area contributed by atoms with Crippen molar-refractivity contribution in [1.82, 2.24) is 0 Å². The summed E-state index contributed by atoms with van der Waals surface area (Å²) in [6, 6.07) is 4.28. The minimum Gasteiger partial charge on any atom is -0.493 e. The second kappa shape index (κ2) is 7.71. The zero-order chi connectivity index (χ0) is 19.7. The number of rotatable bonds is 5. The van der Waals surface area contributed by atoms with E-state index in [1.165, 1.54) is 32.4 Å². The van der Waals surface area contributed by atoms with Gasteiger partial charge in [-0.1, -0.05) is 0 Å². The Hall–Kier alpha value is -2.37. The molecule has 0 saturated carbocycles. The van der Waals surface area contributed by atoms with E-state index in [0.717, 1.165) is 0 Å². The summed E-state index contributed by atoms with van der Waals surface area (Å²) in [7, 11) is 2.70. The van der Waals surface area contributed by atoms with Crippen molar-refractivity contribution in [2.45, 2.75) is 30.7 Å². The van der Waals surface area contributed by atoms with Gasteiger partial charge in [0, 0.05) is 11.5 Å². The van der Waals surface area contributed by atoms with Crippen LogP contribution < -0.4 is 19.8 Å². The Morgan fingerprint density at radius 3 is 2.41 bits per heavy atom. The second-order valence-corrected chi connectivity index (χ2v) is 5.93. The van der Waals surface area contributed by atoms with Crippen LogP contribution in [0.3, 0.4) is 0 Å². The van der Waals surface area contributed by atoms with E-state index in [-0.39, 0.29) is 22.8 Å². The number of methoxy groups -OCH3 is 2. The first-order valence-corrected chi connectivity index (χ1v) is 8.07. The lowest BCUT2D eigenvalue weighted by Gasteiger charge is -2.39. The highest BCUT2D eigenvalue weighted by atomic mass is 16.7. The maximum atomic E-state index is 11.6. The van der Waals surface area contributed by atoms with E-state index in [9.17, 15) is 25.2 Å². The molecule has 0 spiro atoms. The number of benzene rings is 1. The normalized spacial score (nSPS) is 28.1. The lowest BCUT2D eigenvalue weighted by atomic mass is 9.99. The highest BCUT2D eigenvalue weighted by Crippen LogP contribution is 2.44. The molecule has 2 aromatic rings. The van der Waals surface area contributed by atoms with Crippen molar-refractivity contribution in [3.63, 3.8) is 0 Å². The fraction of sp³-hybridized carbons (Fsp3) is 0.471. The van der Waals surface area contributed by atoms with E-state index in [1.807, 2.05) is 0 Å². The lowest BCUT2D eigenvalue weighted by Crippen LogP contribution is -2.60. The van der Waals surface area contributed by atoms with Crippen molar-refractivity contribution >= 4 is 11.0 Å². The van der Waals surface area contributed by atoms with Crippen LogP contribution >= 0.6 is 0 Å². The highest BCUT2D eigenvalue weighted by molar-refractivity contribution is 5.88. The molecule has 3 rings (SSSR count). The molecule has 0 radical (unpaired) electrons. The Morgan fingerprint density at radius 2 is 1.78 bits per heavy atom. The molecule has 1 fully saturated rings. The minimum absolute atomic E-state index is 0.0130. The third kappa shape index (κ3) is 3.45. The van der Waals surface area contributed by atoms with Crippen LogP contribution in [0, 0.1) is 0 Å². The van der Waals surface area contributed by atoms with Gasteiger partial charge in [0.15, 0.2) is 11.3 Å². The van der Waals surface area contributed by atoms with Crippen LogP contribution in [0.2, 0.25) is 0 Å². The van der Waals surface area contributed by atoms with Gasteiger partial charge in [0.05, 0.1) is 20.8 Å². The Kier molecular flexibility index (Phi) is 5.53. The first kappa shape index (κ1) is 19.4. The third-order valence-electron chi connectivity index (χ3n) is 4.29. The number of ether oxygens (including phenoxy) is 4. The predicted octanol–water partition coefficient (Wildman–Crippen LogP) is -1.01. The molecular weight excluding hydrogens is 364 g/mol. The van der Waals surface area contributed by atoms with Gasteiger partial charge in [-0.15, -0.1) is 0 Å². The minimum atomic E-state index is -1.63. The van der Waals surface area contributed by atoms with E-state index >= 15 is 0 Å². The van der Waals surface area contributed by atoms with Gasteiger partial charge in [-0.2, -0.15) is 0 Å². The van der Waals surface area contributed by atoms with E-state index in [4.69, 9.17) is 23.4 Å². The van der Waals surface area contributed by atoms with Crippen molar-refractivity contribution < 1.29 is 43.8 Å². The molecule has 1 aliphatic rings. The van der Waals surface area contributed by atoms with Gasteiger partial charge in [-0.3, -0.25) is 0 Å². The third-order valence-corrected chi connectivity index (χ3v) is 4.29. The van der Waals surface area contributed by atoms with Crippen molar-refractivity contribution in [3.05, 3.63) is 28.6 Å². The average Bonchev–Trinajstić information content (AvgIpc) is 2.67. The largest absolute Gasteiger partial charge is 0.493 e. The van der Waals surface area contributed by atoms with Gasteiger partial charge in [0.25, 0.3) is 0 Å². The number of hydrogen-bond acceptors (Lipinski definition) is 10. The molecule has 0 amide bonds. The van der Waals surface area contributed by atoms with Crippen LogP contribution in [0.15, 0.2) is 27.4 Å². The van der Waals surface area contributed by atoms with Crippen molar-refractivity contribution in [2.24, 2.45) is 0 Å². The van der Waals surface area contributed by atoms with Crippen molar-refractivity contribution in [1.29, 1.82) is 0 Å². The van der Waals surface area contributed by atoms with Crippen LogP contribution in [0.5, 0.6) is 17.2 Å². The summed E-state index contributed by atoms with van der Waals surface area (Å²) in [5.74, 6) is 0.148. The number of aliphatic hydroxyl groups is 4. The zero-order valence-corrected chi connectivity index (χ0v) is 14.6. The zero-order valence-electron chi connectivity index (χ0n) is 14.6. The molecule has 0 aliphatic carbocycles. The summed E-state index contributed by atoms with van der Waals surface area (Å²) in [5, 5.41) is 39.7. The fourth-order valence-corrected chi connectivity index (χ4v) is 2.87. The molecule has 5 atom stereocenters. The monoisotopic (exact) mass is 384 g/mol. The maximum Gasteiger partial charge on any atom is 0.336 e. The molecule has 27 heavy (non-hydrogen) atoms. The second-order valence-electron chi connectivity index (χ2n) is 5.93. The van der Waals surface area contributed by atoms with E-state index in [0.29, 0.717) is 5.39 Å². The summed E-state index contributed by atoms with van der Waals surface area (Å²) in [5.41, 5.74) is -0.518. The van der Waals surface area contributed by atoms with Gasteiger partial charge in [-0.05, 0) is 12.1 Å². The molecule has 1 aromatic carbocycles. The van der Waals surface area contributed by atoms with Gasteiger partial charge in [-0.25, -0.2) is 4.79 Å². The molecular formula is C17H20O10. The summed E-state index contributed by atoms with van der Waals surface area (Å²) in [6.07, 6.45) is -7.38. The summed E-state index contributed by atoms with van der Waals surface area (Å²) < 4.78 is 26.7. The van der Waals surface area contributed by atoms with Crippen LogP contribution in [0.4, 0.5) is 0 Å². The number of fused-ring (bicyclic) bond motifs is 1. The Labute approximate surface area is 153 Å². The average molecular weight is 384 g/mol. The van der Waals surface area contributed by atoms with E-state index in [2.05, 4.69) is 0 Å². The van der Waals surface area contributed by atoms with Gasteiger partial charge in [0.2, 0.25) is 17.8 Å². The van der Waals surface area contributed by atoms with Gasteiger partial charge >= 0.3 is 5.63 Å². The van der Waals surface area contributed by atoms with Crippen LogP contribution in [0.1, 0.15) is 0 Å². The molecule has 1 aromatic heterocycles. The molecule has 0 bridgehead atoms. The molecule has 10 heteroatoms. The SMILES string of the molecule is COc1cc2ccc(=O)oc2c(OC)c1O[C@H]1O[C@@H](CO)[C@H](O)[C@@H](O)[C@@H]1O. The summed E-state index contributed by atoms with van der Waals surface area (Å²) in [4.78, 5) is 11.6. The Morgan fingerprint density at radius 1 is 1.04 bits per heavy atom. The van der Waals surface area contributed by atoms with E-state index in [1.54, 1.807) is 0 Å². The first-order chi connectivity index (χ1) is 12.9. The molecule has 148 valence electrons. The lowest BCUT2D eigenvalue weighted by molar-refractivity contribution is -0.277. The van der Waals surface area contributed by atoms with Crippen LogP contribution in [0.25, 0.3) is 11.0 Å². The van der Waals surface area contributed by atoms with Crippen LogP contribution in [-0.4, -0.2) is 72.0 Å². The molecule has 1 saturated heterocycles. The van der Waals surface area contributed by atoms with Crippen molar-refractivity contribution in [2.75, 3.05) is 20.8 Å². The molecule has 2 heterocycles. The number of aliphatic hydroxyl groups excluding tert-OH is 4. The van der Waals surface area contributed by atoms with E-state index < -0.39 is 42.9 Å². The fourth-order valence-electron chi connectivity index (χ4n) is 2.87. The Balaban J connectivity index is 2.06. The molecule has 0 unspecified atom stereocenters. The summed E-state index contributed by atoms with van der Waals surface area (Å²) in [6.45, 7) is -0.605. The van der Waals surface area contributed by atoms with Crippen molar-refractivity contribution in [3.8, 4) is 17.2 Å². The smallest absolute Gasteiger partial charge is 0.336 e.